The lowest BCUT2D eigenvalue weighted by atomic mass is 9.97. The zero-order valence-electron chi connectivity index (χ0n) is 11.9. The number of rotatable bonds is 3. The molecular formula is C17H16N2O. The van der Waals surface area contributed by atoms with Gasteiger partial charge in [-0.3, -0.25) is 9.78 Å². The molecule has 1 aromatic heterocycles. The Bertz CT molecular complexity index is 711. The van der Waals surface area contributed by atoms with Crippen molar-refractivity contribution >= 4 is 5.78 Å². The lowest BCUT2D eigenvalue weighted by molar-refractivity contribution is -0.116. The summed E-state index contributed by atoms with van der Waals surface area (Å²) in [4.78, 5) is 15.4. The standard InChI is InChI=1S/C17H16N2O/c1-11-6-15(5-4-14(11)7-12(2)20)17-8-16(9-18)13(3)19-10-17/h4-6,8,10H,7H2,1-3H3. The van der Waals surface area contributed by atoms with Crippen LogP contribution in [-0.2, 0) is 11.2 Å². The van der Waals surface area contributed by atoms with Crippen LogP contribution in [0.25, 0.3) is 11.1 Å². The Balaban J connectivity index is 2.42. The number of hydrogen-bond donors (Lipinski definition) is 0. The largest absolute Gasteiger partial charge is 0.300 e. The van der Waals surface area contributed by atoms with Crippen molar-refractivity contribution in [3.8, 4) is 17.2 Å². The molecule has 20 heavy (non-hydrogen) atoms. The summed E-state index contributed by atoms with van der Waals surface area (Å²) < 4.78 is 0. The van der Waals surface area contributed by atoms with Gasteiger partial charge in [-0.15, -0.1) is 0 Å². The number of nitrogens with zero attached hydrogens (tertiary/aromatic N) is 2. The van der Waals surface area contributed by atoms with Gasteiger partial charge in [-0.2, -0.15) is 5.26 Å². The average molecular weight is 264 g/mol. The first-order chi connectivity index (χ1) is 9.51. The lowest BCUT2D eigenvalue weighted by Gasteiger charge is -2.08. The van der Waals surface area contributed by atoms with Crippen LogP contribution in [0.15, 0.2) is 30.5 Å². The third-order valence-corrected chi connectivity index (χ3v) is 3.32. The van der Waals surface area contributed by atoms with Crippen molar-refractivity contribution in [1.82, 2.24) is 4.98 Å². The van der Waals surface area contributed by atoms with Crippen molar-refractivity contribution in [2.45, 2.75) is 27.2 Å². The van der Waals surface area contributed by atoms with E-state index >= 15 is 0 Å². The molecule has 0 radical (unpaired) electrons. The highest BCUT2D eigenvalue weighted by Gasteiger charge is 2.07. The molecule has 3 nitrogen and oxygen atoms in total. The molecule has 1 heterocycles. The summed E-state index contributed by atoms with van der Waals surface area (Å²) in [6.45, 7) is 5.41. The first-order valence-electron chi connectivity index (χ1n) is 6.47. The van der Waals surface area contributed by atoms with E-state index in [4.69, 9.17) is 5.26 Å². The Kier molecular flexibility index (Phi) is 3.95. The molecule has 0 atom stereocenters. The molecule has 0 bridgehead atoms. The maximum atomic E-state index is 11.2. The van der Waals surface area contributed by atoms with E-state index in [0.29, 0.717) is 12.0 Å². The van der Waals surface area contributed by atoms with E-state index in [1.807, 2.05) is 38.1 Å². The average Bonchev–Trinajstić information content (AvgIpc) is 2.41. The van der Waals surface area contributed by atoms with Gasteiger partial charge in [-0.05, 0) is 43.5 Å². The third-order valence-electron chi connectivity index (χ3n) is 3.32. The molecule has 100 valence electrons. The van der Waals surface area contributed by atoms with Crippen LogP contribution in [-0.4, -0.2) is 10.8 Å². The molecule has 3 heteroatoms. The van der Waals surface area contributed by atoms with Crippen molar-refractivity contribution in [2.24, 2.45) is 0 Å². The Morgan fingerprint density at radius 3 is 2.60 bits per heavy atom. The second kappa shape index (κ2) is 5.66. The maximum Gasteiger partial charge on any atom is 0.134 e. The van der Waals surface area contributed by atoms with Crippen LogP contribution in [0.1, 0.15) is 29.3 Å². The van der Waals surface area contributed by atoms with Gasteiger partial charge in [0, 0.05) is 18.2 Å². The van der Waals surface area contributed by atoms with E-state index in [1.54, 1.807) is 13.1 Å². The van der Waals surface area contributed by atoms with Crippen molar-refractivity contribution in [3.63, 3.8) is 0 Å². The number of ketones is 1. The lowest BCUT2D eigenvalue weighted by Crippen LogP contribution is -1.99. The summed E-state index contributed by atoms with van der Waals surface area (Å²) in [5.41, 5.74) is 5.39. The van der Waals surface area contributed by atoms with E-state index in [1.165, 1.54) is 0 Å². The van der Waals surface area contributed by atoms with E-state index in [9.17, 15) is 4.79 Å². The summed E-state index contributed by atoms with van der Waals surface area (Å²) in [7, 11) is 0. The Labute approximate surface area is 118 Å². The van der Waals surface area contributed by atoms with Crippen LogP contribution in [0.2, 0.25) is 0 Å². The monoisotopic (exact) mass is 264 g/mol. The molecule has 0 unspecified atom stereocenters. The van der Waals surface area contributed by atoms with Gasteiger partial charge in [0.15, 0.2) is 0 Å². The van der Waals surface area contributed by atoms with E-state index in [2.05, 4.69) is 11.1 Å². The summed E-state index contributed by atoms with van der Waals surface area (Å²) in [6, 6.07) is 9.97. The highest BCUT2D eigenvalue weighted by Crippen LogP contribution is 2.23. The number of aromatic nitrogens is 1. The fraction of sp³-hybridized carbons (Fsp3) is 0.235. The zero-order chi connectivity index (χ0) is 14.7. The zero-order valence-corrected chi connectivity index (χ0v) is 11.9. The van der Waals surface area contributed by atoms with Gasteiger partial charge in [0.05, 0.1) is 11.3 Å². The minimum Gasteiger partial charge on any atom is -0.300 e. The van der Waals surface area contributed by atoms with Gasteiger partial charge in [0.25, 0.3) is 0 Å². The number of Topliss-reactive ketones (excluding diaryl/α,β-unsaturated/α-hetero) is 1. The topological polar surface area (TPSA) is 53.8 Å². The van der Waals surface area contributed by atoms with Gasteiger partial charge in [0.2, 0.25) is 0 Å². The minimum atomic E-state index is 0.157. The normalized spacial score (nSPS) is 10.1. The minimum absolute atomic E-state index is 0.157. The second-order valence-electron chi connectivity index (χ2n) is 4.99. The second-order valence-corrected chi connectivity index (χ2v) is 4.99. The number of carbonyl (C=O) groups is 1. The molecule has 0 aliphatic carbocycles. The molecule has 0 fully saturated rings. The highest BCUT2D eigenvalue weighted by molar-refractivity contribution is 5.79. The number of carbonyl (C=O) groups excluding carboxylic acids is 1. The molecule has 0 aliphatic heterocycles. The molecular weight excluding hydrogens is 248 g/mol. The van der Waals surface area contributed by atoms with Gasteiger partial charge < -0.3 is 0 Å². The van der Waals surface area contributed by atoms with Crippen LogP contribution in [0.3, 0.4) is 0 Å². The molecule has 0 N–H and O–H groups in total. The molecule has 2 aromatic rings. The van der Waals surface area contributed by atoms with Gasteiger partial charge in [0.1, 0.15) is 11.9 Å². The van der Waals surface area contributed by atoms with Crippen molar-refractivity contribution in [1.29, 1.82) is 5.26 Å². The van der Waals surface area contributed by atoms with Gasteiger partial charge in [-0.25, -0.2) is 0 Å². The summed E-state index contributed by atoms with van der Waals surface area (Å²) in [5.74, 6) is 0.157. The SMILES string of the molecule is CC(=O)Cc1ccc(-c2cnc(C)c(C#N)c2)cc1C. The number of nitriles is 1. The fourth-order valence-corrected chi connectivity index (χ4v) is 2.15. The first-order valence-corrected chi connectivity index (χ1v) is 6.47. The number of hydrogen-bond acceptors (Lipinski definition) is 3. The number of aryl methyl sites for hydroxylation is 2. The molecule has 0 amide bonds. The Morgan fingerprint density at radius 1 is 1.25 bits per heavy atom. The molecule has 0 saturated heterocycles. The van der Waals surface area contributed by atoms with Gasteiger partial charge >= 0.3 is 0 Å². The smallest absolute Gasteiger partial charge is 0.134 e. The van der Waals surface area contributed by atoms with E-state index < -0.39 is 0 Å². The van der Waals surface area contributed by atoms with Crippen molar-refractivity contribution < 1.29 is 4.79 Å². The van der Waals surface area contributed by atoms with Crippen LogP contribution in [0, 0.1) is 25.2 Å². The quantitative estimate of drug-likeness (QED) is 0.854. The Hall–Kier alpha value is -2.47. The third kappa shape index (κ3) is 2.92. The van der Waals surface area contributed by atoms with Crippen molar-refractivity contribution in [3.05, 3.63) is 52.8 Å². The van der Waals surface area contributed by atoms with E-state index in [0.717, 1.165) is 27.9 Å². The van der Waals surface area contributed by atoms with Crippen LogP contribution >= 0.6 is 0 Å². The summed E-state index contributed by atoms with van der Waals surface area (Å²) >= 11 is 0. The number of benzene rings is 1. The predicted molar refractivity (Wildman–Crippen MR) is 78.2 cm³/mol. The molecule has 0 spiro atoms. The molecule has 1 aromatic carbocycles. The van der Waals surface area contributed by atoms with Gasteiger partial charge in [-0.1, -0.05) is 18.2 Å². The summed E-state index contributed by atoms with van der Waals surface area (Å²) in [6.07, 6.45) is 2.23. The fourth-order valence-electron chi connectivity index (χ4n) is 2.15. The summed E-state index contributed by atoms with van der Waals surface area (Å²) in [5, 5.41) is 9.06. The van der Waals surface area contributed by atoms with Crippen LogP contribution in [0.5, 0.6) is 0 Å². The predicted octanol–water partition coefficient (Wildman–Crippen LogP) is 3.37. The molecule has 0 aliphatic rings. The van der Waals surface area contributed by atoms with Crippen LogP contribution < -0.4 is 0 Å². The Morgan fingerprint density at radius 2 is 2.00 bits per heavy atom. The van der Waals surface area contributed by atoms with Crippen LogP contribution in [0.4, 0.5) is 0 Å². The first kappa shape index (κ1) is 14.0. The molecule has 2 rings (SSSR count). The van der Waals surface area contributed by atoms with Crippen molar-refractivity contribution in [2.75, 3.05) is 0 Å². The number of pyridine rings is 1. The highest BCUT2D eigenvalue weighted by atomic mass is 16.1. The maximum absolute atomic E-state index is 11.2. The van der Waals surface area contributed by atoms with E-state index in [-0.39, 0.29) is 5.78 Å². The molecule has 0 saturated carbocycles.